The highest BCUT2D eigenvalue weighted by atomic mass is 16.5. The van der Waals surface area contributed by atoms with Gasteiger partial charge in [-0.25, -0.2) is 0 Å². The van der Waals surface area contributed by atoms with Crippen molar-refractivity contribution in [3.8, 4) is 0 Å². The van der Waals surface area contributed by atoms with Crippen LogP contribution in [0.3, 0.4) is 0 Å². The summed E-state index contributed by atoms with van der Waals surface area (Å²) in [7, 11) is 1.66. The molecule has 0 aliphatic heterocycles. The molecule has 17 heavy (non-hydrogen) atoms. The lowest BCUT2D eigenvalue weighted by Gasteiger charge is -2.28. The Morgan fingerprint density at radius 3 is 2.71 bits per heavy atom. The van der Waals surface area contributed by atoms with Crippen LogP contribution in [0.4, 0.5) is 0 Å². The molecule has 1 saturated carbocycles. The second kappa shape index (κ2) is 8.48. The second-order valence-electron chi connectivity index (χ2n) is 4.74. The molecular weight excluding hydrogens is 220 g/mol. The number of methoxy groups -OCH3 is 1. The van der Waals surface area contributed by atoms with Crippen LogP contribution < -0.4 is 0 Å². The van der Waals surface area contributed by atoms with Crippen LogP contribution in [-0.4, -0.2) is 38.0 Å². The Hall–Kier alpha value is -0.610. The summed E-state index contributed by atoms with van der Waals surface area (Å²) in [6.45, 7) is 1.97. The molecule has 2 atom stereocenters. The maximum absolute atomic E-state index is 11.1. The van der Waals surface area contributed by atoms with E-state index in [1.165, 1.54) is 6.42 Å². The molecule has 2 unspecified atom stereocenters. The molecule has 0 aromatic heterocycles. The SMILES string of the molecule is COCCOCCCC1CCCCC1C(=O)O. The summed E-state index contributed by atoms with van der Waals surface area (Å²) >= 11 is 0. The number of ether oxygens (including phenoxy) is 2. The first-order valence-electron chi connectivity index (χ1n) is 6.55. The predicted molar refractivity (Wildman–Crippen MR) is 65.0 cm³/mol. The lowest BCUT2D eigenvalue weighted by atomic mass is 9.77. The Labute approximate surface area is 103 Å². The number of hydrogen-bond acceptors (Lipinski definition) is 3. The molecule has 0 heterocycles. The molecule has 0 spiro atoms. The van der Waals surface area contributed by atoms with E-state index < -0.39 is 5.97 Å². The summed E-state index contributed by atoms with van der Waals surface area (Å²) in [5.74, 6) is -0.384. The fourth-order valence-electron chi connectivity index (χ4n) is 2.57. The number of carbonyl (C=O) groups is 1. The van der Waals surface area contributed by atoms with E-state index in [1.807, 2.05) is 0 Å². The highest BCUT2D eigenvalue weighted by molar-refractivity contribution is 5.70. The fraction of sp³-hybridized carbons (Fsp3) is 0.923. The number of aliphatic carboxylic acids is 1. The van der Waals surface area contributed by atoms with Crippen LogP contribution in [0.15, 0.2) is 0 Å². The molecule has 4 heteroatoms. The van der Waals surface area contributed by atoms with Gasteiger partial charge in [0.1, 0.15) is 0 Å². The highest BCUT2D eigenvalue weighted by Crippen LogP contribution is 2.33. The number of rotatable bonds is 8. The molecule has 0 aromatic carbocycles. The molecule has 1 N–H and O–H groups in total. The molecule has 1 rings (SSSR count). The van der Waals surface area contributed by atoms with E-state index in [4.69, 9.17) is 14.6 Å². The van der Waals surface area contributed by atoms with E-state index >= 15 is 0 Å². The summed E-state index contributed by atoms with van der Waals surface area (Å²) in [4.78, 5) is 11.1. The van der Waals surface area contributed by atoms with Gasteiger partial charge in [-0.2, -0.15) is 0 Å². The summed E-state index contributed by atoms with van der Waals surface area (Å²) in [6, 6.07) is 0. The van der Waals surface area contributed by atoms with Crippen LogP contribution in [0.1, 0.15) is 38.5 Å². The predicted octanol–water partition coefficient (Wildman–Crippen LogP) is 2.32. The molecule has 1 aliphatic carbocycles. The van der Waals surface area contributed by atoms with Gasteiger partial charge in [-0.3, -0.25) is 4.79 Å². The third-order valence-corrected chi connectivity index (χ3v) is 3.52. The van der Waals surface area contributed by atoms with Crippen molar-refractivity contribution in [2.24, 2.45) is 11.8 Å². The van der Waals surface area contributed by atoms with E-state index in [2.05, 4.69) is 0 Å². The van der Waals surface area contributed by atoms with Crippen molar-refractivity contribution in [2.75, 3.05) is 26.9 Å². The van der Waals surface area contributed by atoms with Gasteiger partial charge in [0.15, 0.2) is 0 Å². The molecule has 1 fully saturated rings. The minimum atomic E-state index is -0.616. The fourth-order valence-corrected chi connectivity index (χ4v) is 2.57. The van der Waals surface area contributed by atoms with Gasteiger partial charge in [0.2, 0.25) is 0 Å². The molecule has 0 saturated heterocycles. The zero-order valence-corrected chi connectivity index (χ0v) is 10.7. The smallest absolute Gasteiger partial charge is 0.306 e. The first-order valence-corrected chi connectivity index (χ1v) is 6.55. The largest absolute Gasteiger partial charge is 0.481 e. The Bertz CT molecular complexity index is 217. The topological polar surface area (TPSA) is 55.8 Å². The van der Waals surface area contributed by atoms with Crippen molar-refractivity contribution in [2.45, 2.75) is 38.5 Å². The zero-order chi connectivity index (χ0) is 12.5. The van der Waals surface area contributed by atoms with E-state index in [1.54, 1.807) is 7.11 Å². The van der Waals surface area contributed by atoms with E-state index in [0.717, 1.165) is 32.1 Å². The highest BCUT2D eigenvalue weighted by Gasteiger charge is 2.29. The van der Waals surface area contributed by atoms with Crippen LogP contribution in [0.25, 0.3) is 0 Å². The van der Waals surface area contributed by atoms with Crippen molar-refractivity contribution in [3.63, 3.8) is 0 Å². The molecule has 4 nitrogen and oxygen atoms in total. The second-order valence-corrected chi connectivity index (χ2v) is 4.74. The monoisotopic (exact) mass is 244 g/mol. The number of carboxylic acids is 1. The van der Waals surface area contributed by atoms with Gasteiger partial charge in [-0.05, 0) is 31.6 Å². The van der Waals surface area contributed by atoms with E-state index in [9.17, 15) is 4.79 Å². The van der Waals surface area contributed by atoms with Crippen LogP contribution >= 0.6 is 0 Å². The van der Waals surface area contributed by atoms with Crippen molar-refractivity contribution in [1.82, 2.24) is 0 Å². The molecule has 100 valence electrons. The van der Waals surface area contributed by atoms with Gasteiger partial charge >= 0.3 is 5.97 Å². The third-order valence-electron chi connectivity index (χ3n) is 3.52. The Morgan fingerprint density at radius 2 is 2.00 bits per heavy atom. The lowest BCUT2D eigenvalue weighted by Crippen LogP contribution is -2.27. The van der Waals surface area contributed by atoms with Gasteiger partial charge < -0.3 is 14.6 Å². The average Bonchev–Trinajstić information content (AvgIpc) is 2.34. The number of carboxylic acid groups (broad SMARTS) is 1. The molecule has 0 radical (unpaired) electrons. The minimum Gasteiger partial charge on any atom is -0.481 e. The standard InChI is InChI=1S/C13H24O4/c1-16-9-10-17-8-4-6-11-5-2-3-7-12(11)13(14)15/h11-12H,2-10H2,1H3,(H,14,15). The van der Waals surface area contributed by atoms with Gasteiger partial charge in [-0.15, -0.1) is 0 Å². The van der Waals surface area contributed by atoms with Crippen molar-refractivity contribution >= 4 is 5.97 Å². The van der Waals surface area contributed by atoms with Crippen LogP contribution in [0.2, 0.25) is 0 Å². The first-order chi connectivity index (χ1) is 8.25. The normalized spacial score (nSPS) is 24.8. The van der Waals surface area contributed by atoms with Gasteiger partial charge in [0.25, 0.3) is 0 Å². The molecule has 1 aliphatic rings. The van der Waals surface area contributed by atoms with Gasteiger partial charge in [0.05, 0.1) is 19.1 Å². The summed E-state index contributed by atoms with van der Waals surface area (Å²) < 4.78 is 10.3. The van der Waals surface area contributed by atoms with Crippen LogP contribution in [0, 0.1) is 11.8 Å². The third kappa shape index (κ3) is 5.50. The molecule has 0 aromatic rings. The lowest BCUT2D eigenvalue weighted by molar-refractivity contribution is -0.145. The van der Waals surface area contributed by atoms with Gasteiger partial charge in [0, 0.05) is 13.7 Å². The van der Waals surface area contributed by atoms with Crippen LogP contribution in [0.5, 0.6) is 0 Å². The molecular formula is C13H24O4. The quantitative estimate of drug-likeness (QED) is 0.666. The van der Waals surface area contributed by atoms with Crippen LogP contribution in [-0.2, 0) is 14.3 Å². The Morgan fingerprint density at radius 1 is 1.24 bits per heavy atom. The Balaban J connectivity index is 2.13. The van der Waals surface area contributed by atoms with Crippen molar-refractivity contribution < 1.29 is 19.4 Å². The number of hydrogen-bond donors (Lipinski definition) is 1. The average molecular weight is 244 g/mol. The van der Waals surface area contributed by atoms with Crippen molar-refractivity contribution in [1.29, 1.82) is 0 Å². The molecule has 0 bridgehead atoms. The maximum atomic E-state index is 11.1. The molecule has 0 amide bonds. The Kier molecular flexibility index (Phi) is 7.21. The summed E-state index contributed by atoms with van der Waals surface area (Å²) in [5, 5.41) is 9.13. The van der Waals surface area contributed by atoms with E-state index in [0.29, 0.717) is 25.7 Å². The summed E-state index contributed by atoms with van der Waals surface area (Å²) in [5.41, 5.74) is 0. The summed E-state index contributed by atoms with van der Waals surface area (Å²) in [6.07, 6.45) is 6.10. The minimum absolute atomic E-state index is 0.122. The maximum Gasteiger partial charge on any atom is 0.306 e. The van der Waals surface area contributed by atoms with Crippen molar-refractivity contribution in [3.05, 3.63) is 0 Å². The zero-order valence-electron chi connectivity index (χ0n) is 10.7. The van der Waals surface area contributed by atoms with E-state index in [-0.39, 0.29) is 5.92 Å². The first kappa shape index (κ1) is 14.5. The van der Waals surface area contributed by atoms with Gasteiger partial charge in [-0.1, -0.05) is 12.8 Å².